The van der Waals surface area contributed by atoms with Gasteiger partial charge in [0.2, 0.25) is 0 Å². The van der Waals surface area contributed by atoms with Crippen LogP contribution in [0.15, 0.2) is 24.3 Å². The molecule has 0 atom stereocenters. The lowest BCUT2D eigenvalue weighted by atomic mass is 10.2. The van der Waals surface area contributed by atoms with Crippen molar-refractivity contribution in [3.63, 3.8) is 0 Å². The fraction of sp³-hybridized carbons (Fsp3) is 0.357. The molecule has 0 spiro atoms. The van der Waals surface area contributed by atoms with Gasteiger partial charge >= 0.3 is 0 Å². The van der Waals surface area contributed by atoms with E-state index in [-0.39, 0.29) is 5.91 Å². The number of hydrogen-bond acceptors (Lipinski definition) is 3. The molecule has 1 aromatic carbocycles. The minimum absolute atomic E-state index is 0.142. The second kappa shape index (κ2) is 6.47. The standard InChI is InChI=1S/C14H18N4OS/c1-18-11-7-3-2-6-10(11)13(17-18)14(19)16-9-5-4-8-12(15)20/h2-3,6-7H,4-5,8-9H2,1H3,(H2,15,20)(H,16,19). The molecule has 20 heavy (non-hydrogen) atoms. The van der Waals surface area contributed by atoms with Gasteiger partial charge in [-0.3, -0.25) is 9.48 Å². The topological polar surface area (TPSA) is 72.9 Å². The van der Waals surface area contributed by atoms with Crippen molar-refractivity contribution in [2.45, 2.75) is 19.3 Å². The predicted octanol–water partition coefficient (Wildman–Crippen LogP) is 1.76. The molecule has 0 radical (unpaired) electrons. The number of para-hydroxylation sites is 1. The minimum Gasteiger partial charge on any atom is -0.393 e. The number of aryl methyl sites for hydroxylation is 1. The van der Waals surface area contributed by atoms with Gasteiger partial charge in [-0.25, -0.2) is 0 Å². The van der Waals surface area contributed by atoms with Gasteiger partial charge in [-0.2, -0.15) is 5.10 Å². The maximum absolute atomic E-state index is 12.1. The molecular weight excluding hydrogens is 272 g/mol. The number of nitrogens with two attached hydrogens (primary N) is 1. The van der Waals surface area contributed by atoms with Crippen LogP contribution in [0.25, 0.3) is 10.9 Å². The smallest absolute Gasteiger partial charge is 0.272 e. The Balaban J connectivity index is 1.96. The van der Waals surface area contributed by atoms with Crippen LogP contribution in [0.5, 0.6) is 0 Å². The molecule has 1 heterocycles. The Kier molecular flexibility index (Phi) is 4.68. The van der Waals surface area contributed by atoms with Gasteiger partial charge < -0.3 is 11.1 Å². The summed E-state index contributed by atoms with van der Waals surface area (Å²) in [6.45, 7) is 0.604. The number of amides is 1. The van der Waals surface area contributed by atoms with Crippen LogP contribution in [0, 0.1) is 0 Å². The van der Waals surface area contributed by atoms with Crippen molar-refractivity contribution in [1.29, 1.82) is 0 Å². The van der Waals surface area contributed by atoms with E-state index in [2.05, 4.69) is 10.4 Å². The molecule has 2 aromatic rings. The number of nitrogens with one attached hydrogen (secondary N) is 1. The zero-order valence-corrected chi connectivity index (χ0v) is 12.2. The molecule has 0 unspecified atom stereocenters. The summed E-state index contributed by atoms with van der Waals surface area (Å²) in [6, 6.07) is 7.69. The van der Waals surface area contributed by atoms with Crippen molar-refractivity contribution < 1.29 is 4.79 Å². The fourth-order valence-corrected chi connectivity index (χ4v) is 2.24. The SMILES string of the molecule is Cn1nc(C(=O)NCCCCC(N)=S)c2ccccc21. The molecule has 0 fully saturated rings. The summed E-state index contributed by atoms with van der Waals surface area (Å²) in [7, 11) is 1.83. The number of nitrogens with zero attached hydrogens (tertiary/aromatic N) is 2. The van der Waals surface area contributed by atoms with Crippen LogP contribution in [0.4, 0.5) is 0 Å². The van der Waals surface area contributed by atoms with E-state index in [1.165, 1.54) is 0 Å². The Morgan fingerprint density at radius 2 is 2.15 bits per heavy atom. The van der Waals surface area contributed by atoms with Crippen molar-refractivity contribution in [2.24, 2.45) is 12.8 Å². The number of rotatable bonds is 6. The number of aromatic nitrogens is 2. The highest BCUT2D eigenvalue weighted by Crippen LogP contribution is 2.17. The Bertz CT molecular complexity index is 635. The predicted molar refractivity (Wildman–Crippen MR) is 83.7 cm³/mol. The number of thiocarbonyl (C=S) groups is 1. The van der Waals surface area contributed by atoms with Crippen molar-refractivity contribution in [3.8, 4) is 0 Å². The second-order valence-electron chi connectivity index (χ2n) is 4.67. The van der Waals surface area contributed by atoms with Crippen LogP contribution >= 0.6 is 12.2 Å². The van der Waals surface area contributed by atoms with Crippen molar-refractivity contribution in [2.75, 3.05) is 6.54 Å². The molecule has 1 aromatic heterocycles. The largest absolute Gasteiger partial charge is 0.393 e. The summed E-state index contributed by atoms with van der Waals surface area (Å²) >= 11 is 4.81. The van der Waals surface area contributed by atoms with Crippen molar-refractivity contribution >= 4 is 34.0 Å². The Labute approximate surface area is 123 Å². The molecule has 3 N–H and O–H groups in total. The molecule has 0 aliphatic rings. The summed E-state index contributed by atoms with van der Waals surface area (Å²) < 4.78 is 1.72. The van der Waals surface area contributed by atoms with Gasteiger partial charge in [-0.15, -0.1) is 0 Å². The molecular formula is C14H18N4OS. The Morgan fingerprint density at radius 1 is 1.40 bits per heavy atom. The van der Waals surface area contributed by atoms with E-state index >= 15 is 0 Å². The maximum atomic E-state index is 12.1. The molecule has 0 bridgehead atoms. The lowest BCUT2D eigenvalue weighted by Crippen LogP contribution is -2.25. The van der Waals surface area contributed by atoms with E-state index in [4.69, 9.17) is 18.0 Å². The molecule has 5 nitrogen and oxygen atoms in total. The van der Waals surface area contributed by atoms with E-state index in [1.54, 1.807) is 4.68 Å². The summed E-state index contributed by atoms with van der Waals surface area (Å²) in [5.41, 5.74) is 6.84. The fourth-order valence-electron chi connectivity index (χ4n) is 2.09. The van der Waals surface area contributed by atoms with E-state index < -0.39 is 0 Å². The van der Waals surface area contributed by atoms with Gasteiger partial charge in [-0.1, -0.05) is 30.4 Å². The van der Waals surface area contributed by atoms with Gasteiger partial charge in [0.05, 0.1) is 10.5 Å². The summed E-state index contributed by atoms with van der Waals surface area (Å²) in [4.78, 5) is 12.7. The quantitative estimate of drug-likeness (QED) is 0.628. The molecule has 6 heteroatoms. The first-order valence-corrected chi connectivity index (χ1v) is 6.98. The number of hydrogen-bond donors (Lipinski definition) is 2. The maximum Gasteiger partial charge on any atom is 0.272 e. The summed E-state index contributed by atoms with van der Waals surface area (Å²) in [5, 5.41) is 8.03. The average Bonchev–Trinajstić information content (AvgIpc) is 2.76. The third-order valence-electron chi connectivity index (χ3n) is 3.11. The molecule has 106 valence electrons. The van der Waals surface area contributed by atoms with E-state index in [1.807, 2.05) is 31.3 Å². The lowest BCUT2D eigenvalue weighted by Gasteiger charge is -2.03. The van der Waals surface area contributed by atoms with Gasteiger partial charge in [0.15, 0.2) is 5.69 Å². The van der Waals surface area contributed by atoms with E-state index in [9.17, 15) is 4.79 Å². The van der Waals surface area contributed by atoms with Crippen LogP contribution in [0.1, 0.15) is 29.8 Å². The van der Waals surface area contributed by atoms with Crippen LogP contribution in [0.3, 0.4) is 0 Å². The zero-order chi connectivity index (χ0) is 14.5. The number of carbonyl (C=O) groups excluding carboxylic acids is 1. The first-order valence-electron chi connectivity index (χ1n) is 6.58. The van der Waals surface area contributed by atoms with E-state index in [0.717, 1.165) is 30.2 Å². The second-order valence-corrected chi connectivity index (χ2v) is 5.19. The zero-order valence-electron chi connectivity index (χ0n) is 11.4. The molecule has 0 saturated carbocycles. The highest BCUT2D eigenvalue weighted by atomic mass is 32.1. The number of fused-ring (bicyclic) bond motifs is 1. The number of benzene rings is 1. The van der Waals surface area contributed by atoms with Gasteiger partial charge in [0.1, 0.15) is 0 Å². The highest BCUT2D eigenvalue weighted by molar-refractivity contribution is 7.80. The lowest BCUT2D eigenvalue weighted by molar-refractivity contribution is 0.0949. The highest BCUT2D eigenvalue weighted by Gasteiger charge is 2.14. The average molecular weight is 290 g/mol. The first-order chi connectivity index (χ1) is 9.59. The van der Waals surface area contributed by atoms with Crippen molar-refractivity contribution in [3.05, 3.63) is 30.0 Å². The van der Waals surface area contributed by atoms with Crippen LogP contribution in [-0.2, 0) is 7.05 Å². The monoisotopic (exact) mass is 290 g/mol. The van der Waals surface area contributed by atoms with Gasteiger partial charge in [0, 0.05) is 19.0 Å². The number of unbranched alkanes of at least 4 members (excludes halogenated alkanes) is 1. The third-order valence-corrected chi connectivity index (χ3v) is 3.31. The molecule has 1 amide bonds. The Hall–Kier alpha value is -1.95. The van der Waals surface area contributed by atoms with Crippen LogP contribution in [0.2, 0.25) is 0 Å². The van der Waals surface area contributed by atoms with Crippen molar-refractivity contribution in [1.82, 2.24) is 15.1 Å². The van der Waals surface area contributed by atoms with E-state index in [0.29, 0.717) is 17.2 Å². The molecule has 0 saturated heterocycles. The molecule has 0 aliphatic carbocycles. The van der Waals surface area contributed by atoms with Gasteiger partial charge in [-0.05, 0) is 25.3 Å². The third kappa shape index (κ3) is 3.33. The molecule has 0 aliphatic heterocycles. The summed E-state index contributed by atoms with van der Waals surface area (Å²) in [5.74, 6) is -0.142. The molecule has 2 rings (SSSR count). The number of carbonyl (C=O) groups is 1. The van der Waals surface area contributed by atoms with Crippen LogP contribution < -0.4 is 11.1 Å². The van der Waals surface area contributed by atoms with Crippen LogP contribution in [-0.4, -0.2) is 27.2 Å². The summed E-state index contributed by atoms with van der Waals surface area (Å²) in [6.07, 6.45) is 2.46. The van der Waals surface area contributed by atoms with Gasteiger partial charge in [0.25, 0.3) is 5.91 Å². The first kappa shape index (κ1) is 14.5. The normalized spacial score (nSPS) is 10.7. The Morgan fingerprint density at radius 3 is 2.90 bits per heavy atom. The minimum atomic E-state index is -0.142.